The molecule has 0 aliphatic heterocycles. The summed E-state index contributed by atoms with van der Waals surface area (Å²) in [5, 5.41) is 14.7. The van der Waals surface area contributed by atoms with Crippen LogP contribution in [0.2, 0.25) is 0 Å². The summed E-state index contributed by atoms with van der Waals surface area (Å²) in [5.41, 5.74) is 2.62. The molecule has 3 N–H and O–H groups in total. The number of aromatic nitrogens is 6. The molecule has 1 amide bonds. The van der Waals surface area contributed by atoms with Crippen LogP contribution in [0.3, 0.4) is 0 Å². The van der Waals surface area contributed by atoms with Gasteiger partial charge in [0, 0.05) is 5.69 Å². The van der Waals surface area contributed by atoms with Gasteiger partial charge in [0.15, 0.2) is 0 Å². The Morgan fingerprint density at radius 2 is 1.97 bits per heavy atom. The molecule has 10 nitrogen and oxygen atoms in total. The fourth-order valence-corrected chi connectivity index (χ4v) is 3.64. The van der Waals surface area contributed by atoms with Crippen LogP contribution in [0.1, 0.15) is 12.5 Å². The summed E-state index contributed by atoms with van der Waals surface area (Å²) < 4.78 is 6.81. The number of carbonyl (C=O) groups is 1. The third-order valence-corrected chi connectivity index (χ3v) is 5.50. The van der Waals surface area contributed by atoms with E-state index >= 15 is 0 Å². The van der Waals surface area contributed by atoms with E-state index < -0.39 is 5.25 Å². The summed E-state index contributed by atoms with van der Waals surface area (Å²) in [6.45, 7) is 2.26. The molecular formula is C19H19N7O3S. The first-order valence-electron chi connectivity index (χ1n) is 9.10. The molecule has 2 heterocycles. The second kappa shape index (κ2) is 8.41. The minimum absolute atomic E-state index is 0.198. The first-order valence-corrected chi connectivity index (χ1v) is 9.98. The number of rotatable bonds is 7. The Kier molecular flexibility index (Phi) is 5.53. The molecule has 2 aromatic heterocycles. The minimum Gasteiger partial charge on any atom is -0.497 e. The van der Waals surface area contributed by atoms with E-state index in [-0.39, 0.29) is 11.6 Å². The van der Waals surface area contributed by atoms with Gasteiger partial charge in [0.2, 0.25) is 11.1 Å². The Hall–Kier alpha value is -3.60. The topological polar surface area (TPSA) is 131 Å². The Morgan fingerprint density at radius 3 is 2.73 bits per heavy atom. The number of hydrogen-bond acceptors (Lipinski definition) is 7. The number of imidazole rings is 1. The Morgan fingerprint density at radius 1 is 1.20 bits per heavy atom. The maximum absolute atomic E-state index is 12.6. The normalized spacial score (nSPS) is 12.1. The monoisotopic (exact) mass is 425 g/mol. The lowest BCUT2D eigenvalue weighted by atomic mass is 10.2. The van der Waals surface area contributed by atoms with Gasteiger partial charge in [0.05, 0.1) is 29.9 Å². The van der Waals surface area contributed by atoms with E-state index in [1.165, 1.54) is 11.8 Å². The van der Waals surface area contributed by atoms with E-state index in [0.717, 1.165) is 11.3 Å². The molecule has 0 fully saturated rings. The highest BCUT2D eigenvalue weighted by atomic mass is 32.2. The molecular weight excluding hydrogens is 406 g/mol. The molecule has 4 rings (SSSR count). The highest BCUT2D eigenvalue weighted by Gasteiger charge is 2.19. The molecule has 0 bridgehead atoms. The van der Waals surface area contributed by atoms with Crippen LogP contribution in [0.25, 0.3) is 11.0 Å². The van der Waals surface area contributed by atoms with Crippen molar-refractivity contribution < 1.29 is 9.53 Å². The summed E-state index contributed by atoms with van der Waals surface area (Å²) in [7, 11) is 1.62. The van der Waals surface area contributed by atoms with Crippen molar-refractivity contribution in [2.24, 2.45) is 0 Å². The standard InChI is InChI=1S/C19H19N7O3S/c1-11(17(27)20-13-5-8-15-16(9-13)22-18(28)21-15)30-19-23-24-25-26(19)10-12-3-6-14(29-2)7-4-12/h3-9,11H,10H2,1-2H3,(H,20,27)(H2,21,22,28)/t11-/m1/s1. The van der Waals surface area contributed by atoms with Crippen molar-refractivity contribution in [3.63, 3.8) is 0 Å². The van der Waals surface area contributed by atoms with Gasteiger partial charge >= 0.3 is 5.69 Å². The predicted octanol–water partition coefficient (Wildman–Crippen LogP) is 2.02. The number of ether oxygens (including phenoxy) is 1. The fourth-order valence-electron chi connectivity index (χ4n) is 2.85. The van der Waals surface area contributed by atoms with E-state index in [1.807, 2.05) is 24.3 Å². The first-order chi connectivity index (χ1) is 14.5. The number of nitrogens with one attached hydrogen (secondary N) is 3. The van der Waals surface area contributed by atoms with Gasteiger partial charge < -0.3 is 20.0 Å². The van der Waals surface area contributed by atoms with Crippen molar-refractivity contribution in [3.05, 3.63) is 58.5 Å². The number of benzene rings is 2. The molecule has 0 spiro atoms. The van der Waals surface area contributed by atoms with Gasteiger partial charge in [-0.25, -0.2) is 9.48 Å². The number of H-pyrrole nitrogens is 2. The Balaban J connectivity index is 1.41. The van der Waals surface area contributed by atoms with Gasteiger partial charge in [-0.1, -0.05) is 23.9 Å². The summed E-state index contributed by atoms with van der Waals surface area (Å²) >= 11 is 1.26. The van der Waals surface area contributed by atoms with Gasteiger partial charge in [-0.2, -0.15) is 0 Å². The van der Waals surface area contributed by atoms with Crippen molar-refractivity contribution >= 4 is 34.4 Å². The van der Waals surface area contributed by atoms with Gasteiger partial charge in [-0.15, -0.1) is 5.10 Å². The lowest BCUT2D eigenvalue weighted by Gasteiger charge is -2.12. The van der Waals surface area contributed by atoms with Crippen LogP contribution in [0.15, 0.2) is 52.4 Å². The lowest BCUT2D eigenvalue weighted by Crippen LogP contribution is -2.23. The number of aromatic amines is 2. The zero-order chi connectivity index (χ0) is 21.1. The molecule has 154 valence electrons. The maximum atomic E-state index is 12.6. The van der Waals surface area contributed by atoms with E-state index in [0.29, 0.717) is 28.4 Å². The van der Waals surface area contributed by atoms with Crippen LogP contribution >= 0.6 is 11.8 Å². The number of amides is 1. The van der Waals surface area contributed by atoms with E-state index in [2.05, 4.69) is 30.8 Å². The molecule has 0 radical (unpaired) electrons. The van der Waals surface area contributed by atoms with E-state index in [4.69, 9.17) is 4.74 Å². The van der Waals surface area contributed by atoms with Crippen molar-refractivity contribution in [1.82, 2.24) is 30.2 Å². The second-order valence-corrected chi connectivity index (χ2v) is 7.86. The number of carbonyl (C=O) groups excluding carboxylic acids is 1. The molecule has 2 aromatic carbocycles. The SMILES string of the molecule is COc1ccc(Cn2nnnc2S[C@H](C)C(=O)Nc2ccc3[nH]c(=O)[nH]c3c2)cc1. The van der Waals surface area contributed by atoms with Crippen LogP contribution in [0, 0.1) is 0 Å². The van der Waals surface area contributed by atoms with Crippen molar-refractivity contribution in [2.75, 3.05) is 12.4 Å². The number of nitrogens with zero attached hydrogens (tertiary/aromatic N) is 4. The van der Waals surface area contributed by atoms with E-state index in [1.54, 1.807) is 36.9 Å². The molecule has 0 saturated carbocycles. The minimum atomic E-state index is -0.438. The lowest BCUT2D eigenvalue weighted by molar-refractivity contribution is -0.115. The number of hydrogen-bond donors (Lipinski definition) is 3. The van der Waals surface area contributed by atoms with Crippen LogP contribution in [-0.2, 0) is 11.3 Å². The number of anilines is 1. The first kappa shape index (κ1) is 19.7. The molecule has 1 atom stereocenters. The smallest absolute Gasteiger partial charge is 0.323 e. The number of thioether (sulfide) groups is 1. The molecule has 4 aromatic rings. The summed E-state index contributed by atoms with van der Waals surface area (Å²) in [4.78, 5) is 29.3. The number of tetrazole rings is 1. The Labute approximate surface area is 175 Å². The molecule has 11 heteroatoms. The predicted molar refractivity (Wildman–Crippen MR) is 113 cm³/mol. The van der Waals surface area contributed by atoms with Gasteiger partial charge in [0.25, 0.3) is 0 Å². The quantitative estimate of drug-likeness (QED) is 0.386. The fraction of sp³-hybridized carbons (Fsp3) is 0.211. The maximum Gasteiger partial charge on any atom is 0.323 e. The van der Waals surface area contributed by atoms with Crippen LogP contribution in [0.4, 0.5) is 5.69 Å². The summed E-state index contributed by atoms with van der Waals surface area (Å²) in [6, 6.07) is 12.8. The highest BCUT2D eigenvalue weighted by Crippen LogP contribution is 2.23. The molecule has 0 aliphatic rings. The largest absolute Gasteiger partial charge is 0.497 e. The van der Waals surface area contributed by atoms with Gasteiger partial charge in [-0.05, 0) is 53.2 Å². The van der Waals surface area contributed by atoms with Gasteiger partial charge in [0.1, 0.15) is 5.75 Å². The van der Waals surface area contributed by atoms with Crippen molar-refractivity contribution in [1.29, 1.82) is 0 Å². The van der Waals surface area contributed by atoms with E-state index in [9.17, 15) is 9.59 Å². The molecule has 0 aliphatic carbocycles. The van der Waals surface area contributed by atoms with Gasteiger partial charge in [-0.3, -0.25) is 4.79 Å². The van der Waals surface area contributed by atoms with Crippen LogP contribution in [-0.4, -0.2) is 48.4 Å². The number of methoxy groups -OCH3 is 1. The van der Waals surface area contributed by atoms with Crippen LogP contribution < -0.4 is 15.7 Å². The summed E-state index contributed by atoms with van der Waals surface area (Å²) in [6.07, 6.45) is 0. The third-order valence-electron chi connectivity index (χ3n) is 4.43. The van der Waals surface area contributed by atoms with Crippen molar-refractivity contribution in [3.8, 4) is 5.75 Å². The third kappa shape index (κ3) is 4.35. The average Bonchev–Trinajstić information content (AvgIpc) is 3.33. The summed E-state index contributed by atoms with van der Waals surface area (Å²) in [5.74, 6) is 0.577. The molecule has 0 saturated heterocycles. The average molecular weight is 425 g/mol. The zero-order valence-corrected chi connectivity index (χ0v) is 17.1. The number of fused-ring (bicyclic) bond motifs is 1. The van der Waals surface area contributed by atoms with Crippen LogP contribution in [0.5, 0.6) is 5.75 Å². The van der Waals surface area contributed by atoms with Crippen molar-refractivity contribution in [2.45, 2.75) is 23.9 Å². The second-order valence-electron chi connectivity index (χ2n) is 6.56. The Bertz CT molecular complexity index is 1230. The zero-order valence-electron chi connectivity index (χ0n) is 16.2. The molecule has 30 heavy (non-hydrogen) atoms. The molecule has 0 unspecified atom stereocenters. The highest BCUT2D eigenvalue weighted by molar-refractivity contribution is 8.00.